The largest absolute Gasteiger partial charge is 0.364 e. The van der Waals surface area contributed by atoms with Crippen LogP contribution in [0.4, 0.5) is 5.69 Å². The number of hydrogen-bond acceptors (Lipinski definition) is 2. The highest BCUT2D eigenvalue weighted by molar-refractivity contribution is 5.60. The van der Waals surface area contributed by atoms with Crippen LogP contribution in [0.5, 0.6) is 0 Å². The summed E-state index contributed by atoms with van der Waals surface area (Å²) in [6.45, 7) is 6.74. The van der Waals surface area contributed by atoms with E-state index in [-0.39, 0.29) is 5.54 Å². The highest BCUT2D eigenvalue weighted by Crippen LogP contribution is 2.45. The van der Waals surface area contributed by atoms with E-state index in [2.05, 4.69) is 43.0 Å². The summed E-state index contributed by atoms with van der Waals surface area (Å²) in [7, 11) is 0. The van der Waals surface area contributed by atoms with Gasteiger partial charge in [0.2, 0.25) is 0 Å². The van der Waals surface area contributed by atoms with E-state index >= 15 is 0 Å². The molecule has 1 saturated carbocycles. The average Bonchev–Trinajstić information content (AvgIpc) is 2.87. The highest BCUT2D eigenvalue weighted by Gasteiger charge is 2.46. The Kier molecular flexibility index (Phi) is 3.30. The van der Waals surface area contributed by atoms with Crippen LogP contribution in [0.2, 0.25) is 0 Å². The van der Waals surface area contributed by atoms with Gasteiger partial charge in [0.15, 0.2) is 0 Å². The van der Waals surface area contributed by atoms with Crippen molar-refractivity contribution in [3.63, 3.8) is 0 Å². The smallest absolute Gasteiger partial charge is 0.0552 e. The molecular formula is C17H26N2. The van der Waals surface area contributed by atoms with E-state index in [9.17, 15) is 0 Å². The lowest BCUT2D eigenvalue weighted by Crippen LogP contribution is -2.60. The Balaban J connectivity index is 1.99. The Labute approximate surface area is 117 Å². The molecule has 0 aromatic heterocycles. The van der Waals surface area contributed by atoms with Gasteiger partial charge in [-0.2, -0.15) is 0 Å². The maximum Gasteiger partial charge on any atom is 0.0552 e. The Morgan fingerprint density at radius 1 is 1.32 bits per heavy atom. The van der Waals surface area contributed by atoms with E-state index < -0.39 is 0 Å². The van der Waals surface area contributed by atoms with Crippen molar-refractivity contribution in [2.24, 2.45) is 17.6 Å². The third-order valence-electron chi connectivity index (χ3n) is 5.75. The van der Waals surface area contributed by atoms with Gasteiger partial charge in [-0.3, -0.25) is 0 Å². The summed E-state index contributed by atoms with van der Waals surface area (Å²) in [5, 5.41) is 0. The van der Waals surface area contributed by atoms with E-state index in [0.29, 0.717) is 5.92 Å². The number of rotatable bonds is 2. The molecule has 1 aromatic carbocycles. The Bertz CT molecular complexity index is 456. The molecule has 2 heteroatoms. The molecule has 104 valence electrons. The fourth-order valence-corrected chi connectivity index (χ4v) is 4.32. The molecule has 0 amide bonds. The molecule has 3 atom stereocenters. The standard InChI is InChI=1S/C17H26N2/c1-13-6-5-10-17(12-18,14(13)2)19-11-9-15-7-3-4-8-16(15)19/h3-4,7-8,13-14H,5-6,9-12,18H2,1-2H3. The summed E-state index contributed by atoms with van der Waals surface area (Å²) in [5.74, 6) is 1.46. The lowest BCUT2D eigenvalue weighted by Gasteiger charge is -2.52. The molecule has 1 heterocycles. The monoisotopic (exact) mass is 258 g/mol. The van der Waals surface area contributed by atoms with Crippen molar-refractivity contribution in [1.29, 1.82) is 0 Å². The topological polar surface area (TPSA) is 29.3 Å². The fourth-order valence-electron chi connectivity index (χ4n) is 4.32. The van der Waals surface area contributed by atoms with Crippen LogP contribution in [-0.4, -0.2) is 18.6 Å². The molecule has 19 heavy (non-hydrogen) atoms. The molecule has 1 aromatic rings. The van der Waals surface area contributed by atoms with Gasteiger partial charge in [-0.05, 0) is 36.3 Å². The molecule has 1 aliphatic carbocycles. The molecule has 3 unspecified atom stereocenters. The number of anilines is 1. The lowest BCUT2D eigenvalue weighted by atomic mass is 9.67. The highest BCUT2D eigenvalue weighted by atomic mass is 15.2. The SMILES string of the molecule is CC1CCCC(CN)(N2CCc3ccccc32)C1C. The normalized spacial score (nSPS) is 34.4. The number of hydrogen-bond donors (Lipinski definition) is 1. The van der Waals surface area contributed by atoms with Crippen molar-refractivity contribution in [1.82, 2.24) is 0 Å². The van der Waals surface area contributed by atoms with E-state index in [4.69, 9.17) is 5.73 Å². The van der Waals surface area contributed by atoms with Gasteiger partial charge in [-0.25, -0.2) is 0 Å². The Hall–Kier alpha value is -1.02. The summed E-state index contributed by atoms with van der Waals surface area (Å²) in [4.78, 5) is 2.64. The van der Waals surface area contributed by atoms with Crippen LogP contribution >= 0.6 is 0 Å². The summed E-state index contributed by atoms with van der Waals surface area (Å²) in [6.07, 6.45) is 5.11. The van der Waals surface area contributed by atoms with E-state index in [1.54, 1.807) is 0 Å². The zero-order valence-electron chi connectivity index (χ0n) is 12.2. The first-order valence-corrected chi connectivity index (χ1v) is 7.74. The van der Waals surface area contributed by atoms with Crippen LogP contribution < -0.4 is 10.6 Å². The van der Waals surface area contributed by atoms with Gasteiger partial charge >= 0.3 is 0 Å². The van der Waals surface area contributed by atoms with Gasteiger partial charge in [0.1, 0.15) is 0 Å². The molecule has 0 saturated heterocycles. The van der Waals surface area contributed by atoms with E-state index in [0.717, 1.165) is 19.0 Å². The second-order valence-corrected chi connectivity index (χ2v) is 6.50. The van der Waals surface area contributed by atoms with Crippen molar-refractivity contribution in [2.45, 2.75) is 45.1 Å². The van der Waals surface area contributed by atoms with E-state index in [1.165, 1.54) is 36.9 Å². The minimum absolute atomic E-state index is 0.185. The van der Waals surface area contributed by atoms with Gasteiger partial charge < -0.3 is 10.6 Å². The number of fused-ring (bicyclic) bond motifs is 1. The molecule has 0 bridgehead atoms. The summed E-state index contributed by atoms with van der Waals surface area (Å²) in [5.41, 5.74) is 9.41. The second kappa shape index (κ2) is 4.82. The van der Waals surface area contributed by atoms with Crippen LogP contribution in [0.1, 0.15) is 38.7 Å². The summed E-state index contributed by atoms with van der Waals surface area (Å²) < 4.78 is 0. The lowest BCUT2D eigenvalue weighted by molar-refractivity contribution is 0.141. The van der Waals surface area contributed by atoms with Crippen LogP contribution in [0.3, 0.4) is 0 Å². The zero-order valence-corrected chi connectivity index (χ0v) is 12.2. The van der Waals surface area contributed by atoms with Gasteiger partial charge in [0, 0.05) is 18.8 Å². The van der Waals surface area contributed by atoms with Crippen LogP contribution in [0, 0.1) is 11.8 Å². The van der Waals surface area contributed by atoms with Crippen molar-refractivity contribution < 1.29 is 0 Å². The Morgan fingerprint density at radius 3 is 2.89 bits per heavy atom. The maximum atomic E-state index is 6.29. The molecule has 0 spiro atoms. The van der Waals surface area contributed by atoms with Gasteiger partial charge in [0.05, 0.1) is 5.54 Å². The predicted octanol–water partition coefficient (Wildman–Crippen LogP) is 3.20. The molecule has 0 radical (unpaired) electrons. The van der Waals surface area contributed by atoms with Crippen LogP contribution in [0.25, 0.3) is 0 Å². The molecule has 2 N–H and O–H groups in total. The number of nitrogens with zero attached hydrogens (tertiary/aromatic N) is 1. The molecular weight excluding hydrogens is 232 g/mol. The van der Waals surface area contributed by atoms with Gasteiger partial charge in [-0.15, -0.1) is 0 Å². The van der Waals surface area contributed by atoms with Crippen molar-refractivity contribution in [2.75, 3.05) is 18.0 Å². The maximum absolute atomic E-state index is 6.29. The summed E-state index contributed by atoms with van der Waals surface area (Å²) >= 11 is 0. The average molecular weight is 258 g/mol. The first kappa shape index (κ1) is 13.0. The van der Waals surface area contributed by atoms with Crippen LogP contribution in [0.15, 0.2) is 24.3 Å². The van der Waals surface area contributed by atoms with Gasteiger partial charge in [-0.1, -0.05) is 44.9 Å². The van der Waals surface area contributed by atoms with Crippen molar-refractivity contribution in [3.8, 4) is 0 Å². The van der Waals surface area contributed by atoms with Gasteiger partial charge in [0.25, 0.3) is 0 Å². The fraction of sp³-hybridized carbons (Fsp3) is 0.647. The summed E-state index contributed by atoms with van der Waals surface area (Å²) in [6, 6.07) is 8.88. The second-order valence-electron chi connectivity index (χ2n) is 6.50. The number of para-hydroxylation sites is 1. The first-order valence-electron chi connectivity index (χ1n) is 7.74. The van der Waals surface area contributed by atoms with Crippen LogP contribution in [-0.2, 0) is 6.42 Å². The molecule has 1 fully saturated rings. The molecule has 3 rings (SSSR count). The van der Waals surface area contributed by atoms with Crippen molar-refractivity contribution >= 4 is 5.69 Å². The predicted molar refractivity (Wildman–Crippen MR) is 81.5 cm³/mol. The minimum Gasteiger partial charge on any atom is -0.364 e. The molecule has 2 nitrogen and oxygen atoms in total. The van der Waals surface area contributed by atoms with Crippen molar-refractivity contribution in [3.05, 3.63) is 29.8 Å². The zero-order chi connectivity index (χ0) is 13.5. The number of nitrogens with two attached hydrogens (primary N) is 1. The number of benzene rings is 1. The molecule has 1 aliphatic heterocycles. The minimum atomic E-state index is 0.185. The Morgan fingerprint density at radius 2 is 2.11 bits per heavy atom. The third kappa shape index (κ3) is 1.88. The first-order chi connectivity index (χ1) is 9.19. The quantitative estimate of drug-likeness (QED) is 0.882. The molecule has 2 aliphatic rings. The third-order valence-corrected chi connectivity index (χ3v) is 5.75. The van der Waals surface area contributed by atoms with E-state index in [1.807, 2.05) is 0 Å².